The molecule has 0 bridgehead atoms. The zero-order valence-corrected chi connectivity index (χ0v) is 16.8. The molecule has 0 radical (unpaired) electrons. The molecule has 0 aliphatic rings. The summed E-state index contributed by atoms with van der Waals surface area (Å²) in [4.78, 5) is 24.9. The van der Waals surface area contributed by atoms with E-state index < -0.39 is 0 Å². The standard InChI is InChI=1S/C24H21N3O3/c1-27-24(29)20-11-7-6-10-19(20)22(26-27)17-12-13-21(30-2)18(14-17)15-25-23(28)16-8-4-3-5-9-16/h3-14H,15H2,1-2H3,(H,25,28). The fraction of sp³-hybridized carbons (Fsp3) is 0.125. The number of fused-ring (bicyclic) bond motifs is 1. The number of aromatic nitrogens is 2. The molecular formula is C24H21N3O3. The highest BCUT2D eigenvalue weighted by atomic mass is 16.5. The van der Waals surface area contributed by atoms with E-state index in [1.165, 1.54) is 4.68 Å². The number of methoxy groups -OCH3 is 1. The summed E-state index contributed by atoms with van der Waals surface area (Å²) in [7, 11) is 3.24. The number of ether oxygens (including phenoxy) is 1. The van der Waals surface area contributed by atoms with Gasteiger partial charge in [-0.2, -0.15) is 5.10 Å². The van der Waals surface area contributed by atoms with Crippen molar-refractivity contribution in [1.82, 2.24) is 15.1 Å². The predicted octanol–water partition coefficient (Wildman–Crippen LogP) is 3.54. The highest BCUT2D eigenvalue weighted by Gasteiger charge is 2.14. The van der Waals surface area contributed by atoms with E-state index in [2.05, 4.69) is 10.4 Å². The first kappa shape index (κ1) is 19.4. The van der Waals surface area contributed by atoms with Gasteiger partial charge in [-0.05, 0) is 36.4 Å². The Hall–Kier alpha value is -3.93. The minimum Gasteiger partial charge on any atom is -0.496 e. The van der Waals surface area contributed by atoms with Gasteiger partial charge in [-0.1, -0.05) is 36.4 Å². The second kappa shape index (κ2) is 8.21. The molecule has 3 aromatic carbocycles. The summed E-state index contributed by atoms with van der Waals surface area (Å²) in [5, 5.41) is 8.81. The van der Waals surface area contributed by atoms with E-state index >= 15 is 0 Å². The van der Waals surface area contributed by atoms with E-state index in [0.29, 0.717) is 28.9 Å². The van der Waals surface area contributed by atoms with Gasteiger partial charge in [0.25, 0.3) is 11.5 Å². The molecule has 1 heterocycles. The number of rotatable bonds is 5. The third-order valence-electron chi connectivity index (χ3n) is 4.99. The maximum atomic E-state index is 12.4. The van der Waals surface area contributed by atoms with Crippen molar-refractivity contribution >= 4 is 16.7 Å². The van der Waals surface area contributed by atoms with Crippen molar-refractivity contribution in [2.75, 3.05) is 7.11 Å². The van der Waals surface area contributed by atoms with Crippen LogP contribution < -0.4 is 15.6 Å². The molecular weight excluding hydrogens is 378 g/mol. The second-order valence-electron chi connectivity index (χ2n) is 6.90. The predicted molar refractivity (Wildman–Crippen MR) is 117 cm³/mol. The Labute approximate surface area is 173 Å². The quantitative estimate of drug-likeness (QED) is 0.557. The van der Waals surface area contributed by atoms with Crippen LogP contribution in [0.15, 0.2) is 77.6 Å². The molecule has 150 valence electrons. The molecule has 4 aromatic rings. The Kier molecular flexibility index (Phi) is 5.30. The molecule has 1 aromatic heterocycles. The summed E-state index contributed by atoms with van der Waals surface area (Å²) in [6, 6.07) is 22.2. The molecule has 0 unspecified atom stereocenters. The highest BCUT2D eigenvalue weighted by molar-refractivity contribution is 5.95. The lowest BCUT2D eigenvalue weighted by atomic mass is 10.0. The fourth-order valence-electron chi connectivity index (χ4n) is 3.44. The van der Waals surface area contributed by atoms with Crippen LogP contribution in [0.5, 0.6) is 5.75 Å². The van der Waals surface area contributed by atoms with Gasteiger partial charge >= 0.3 is 0 Å². The van der Waals surface area contributed by atoms with E-state index in [4.69, 9.17) is 4.74 Å². The molecule has 6 nitrogen and oxygen atoms in total. The monoisotopic (exact) mass is 399 g/mol. The van der Waals surface area contributed by atoms with Crippen molar-refractivity contribution in [2.24, 2.45) is 7.05 Å². The number of nitrogens with zero attached hydrogens (tertiary/aromatic N) is 2. The van der Waals surface area contributed by atoms with Gasteiger partial charge in [-0.3, -0.25) is 9.59 Å². The maximum absolute atomic E-state index is 12.4. The molecule has 4 rings (SSSR count). The summed E-state index contributed by atoms with van der Waals surface area (Å²) >= 11 is 0. The summed E-state index contributed by atoms with van der Waals surface area (Å²) in [5.74, 6) is 0.509. The van der Waals surface area contributed by atoms with Gasteiger partial charge in [0.1, 0.15) is 5.75 Å². The molecule has 0 spiro atoms. The molecule has 30 heavy (non-hydrogen) atoms. The number of hydrogen-bond donors (Lipinski definition) is 1. The zero-order valence-electron chi connectivity index (χ0n) is 16.8. The van der Waals surface area contributed by atoms with E-state index in [9.17, 15) is 9.59 Å². The number of hydrogen-bond acceptors (Lipinski definition) is 4. The average Bonchev–Trinajstić information content (AvgIpc) is 2.80. The molecule has 0 saturated carbocycles. The topological polar surface area (TPSA) is 73.2 Å². The average molecular weight is 399 g/mol. The lowest BCUT2D eigenvalue weighted by Gasteiger charge is -2.13. The molecule has 0 aliphatic heterocycles. The van der Waals surface area contributed by atoms with Crippen molar-refractivity contribution < 1.29 is 9.53 Å². The Morgan fingerprint density at radius 1 is 1.00 bits per heavy atom. The van der Waals surface area contributed by atoms with Gasteiger partial charge in [-0.25, -0.2) is 4.68 Å². The molecule has 0 atom stereocenters. The van der Waals surface area contributed by atoms with Crippen molar-refractivity contribution in [1.29, 1.82) is 0 Å². The summed E-state index contributed by atoms with van der Waals surface area (Å²) in [5.41, 5.74) is 2.81. The van der Waals surface area contributed by atoms with Crippen LogP contribution in [-0.2, 0) is 13.6 Å². The molecule has 0 fully saturated rings. The van der Waals surface area contributed by atoms with Crippen LogP contribution in [0, 0.1) is 0 Å². The van der Waals surface area contributed by atoms with Crippen LogP contribution in [0.4, 0.5) is 0 Å². The summed E-state index contributed by atoms with van der Waals surface area (Å²) < 4.78 is 6.82. The lowest BCUT2D eigenvalue weighted by molar-refractivity contribution is 0.0950. The third-order valence-corrected chi connectivity index (χ3v) is 4.99. The van der Waals surface area contributed by atoms with Crippen LogP contribution in [0.25, 0.3) is 22.0 Å². The maximum Gasteiger partial charge on any atom is 0.274 e. The fourth-order valence-corrected chi connectivity index (χ4v) is 3.44. The number of aryl methyl sites for hydroxylation is 1. The van der Waals surface area contributed by atoms with Crippen molar-refractivity contribution in [3.05, 3.63) is 94.3 Å². The van der Waals surface area contributed by atoms with E-state index in [0.717, 1.165) is 16.5 Å². The Morgan fingerprint density at radius 2 is 1.70 bits per heavy atom. The molecule has 1 amide bonds. The van der Waals surface area contributed by atoms with E-state index in [-0.39, 0.29) is 11.5 Å². The van der Waals surface area contributed by atoms with Gasteiger partial charge in [0.2, 0.25) is 0 Å². The molecule has 1 N–H and O–H groups in total. The first-order valence-electron chi connectivity index (χ1n) is 9.55. The lowest BCUT2D eigenvalue weighted by Crippen LogP contribution is -2.23. The first-order chi connectivity index (χ1) is 14.6. The molecule has 0 saturated heterocycles. The van der Waals surface area contributed by atoms with Crippen LogP contribution in [0.2, 0.25) is 0 Å². The smallest absolute Gasteiger partial charge is 0.274 e. The van der Waals surface area contributed by atoms with Gasteiger partial charge < -0.3 is 10.1 Å². The Morgan fingerprint density at radius 3 is 2.43 bits per heavy atom. The highest BCUT2D eigenvalue weighted by Crippen LogP contribution is 2.29. The minimum atomic E-state index is -0.159. The molecule has 6 heteroatoms. The molecule has 0 aliphatic carbocycles. The first-order valence-corrected chi connectivity index (χ1v) is 9.55. The van der Waals surface area contributed by atoms with Gasteiger partial charge in [0, 0.05) is 35.7 Å². The number of amides is 1. The van der Waals surface area contributed by atoms with Gasteiger partial charge in [0.15, 0.2) is 0 Å². The third kappa shape index (κ3) is 3.67. The number of nitrogens with one attached hydrogen (secondary N) is 1. The zero-order chi connectivity index (χ0) is 21.1. The van der Waals surface area contributed by atoms with Crippen LogP contribution >= 0.6 is 0 Å². The SMILES string of the molecule is COc1ccc(-c2nn(C)c(=O)c3ccccc23)cc1CNC(=O)c1ccccc1. The van der Waals surface area contributed by atoms with Gasteiger partial charge in [-0.15, -0.1) is 0 Å². The summed E-state index contributed by atoms with van der Waals surface area (Å²) in [6.07, 6.45) is 0. The Balaban J connectivity index is 1.72. The van der Waals surface area contributed by atoms with Crippen molar-refractivity contribution in [3.63, 3.8) is 0 Å². The van der Waals surface area contributed by atoms with Crippen molar-refractivity contribution in [2.45, 2.75) is 6.54 Å². The Bertz CT molecular complexity index is 1280. The summed E-state index contributed by atoms with van der Waals surface area (Å²) in [6.45, 7) is 0.300. The largest absolute Gasteiger partial charge is 0.496 e. The second-order valence-corrected chi connectivity index (χ2v) is 6.90. The number of carbonyl (C=O) groups excluding carboxylic acids is 1. The van der Waals surface area contributed by atoms with Crippen molar-refractivity contribution in [3.8, 4) is 17.0 Å². The minimum absolute atomic E-state index is 0.141. The van der Waals surface area contributed by atoms with Crippen LogP contribution in [0.3, 0.4) is 0 Å². The van der Waals surface area contributed by atoms with E-state index in [1.54, 1.807) is 32.4 Å². The van der Waals surface area contributed by atoms with E-state index in [1.807, 2.05) is 54.6 Å². The number of carbonyl (C=O) groups is 1. The normalized spacial score (nSPS) is 10.7. The number of benzene rings is 3. The van der Waals surface area contributed by atoms with Crippen LogP contribution in [-0.4, -0.2) is 22.8 Å². The van der Waals surface area contributed by atoms with Crippen LogP contribution in [0.1, 0.15) is 15.9 Å². The van der Waals surface area contributed by atoms with Gasteiger partial charge in [0.05, 0.1) is 18.2 Å².